The van der Waals surface area contributed by atoms with Gasteiger partial charge < -0.3 is 22.4 Å². The number of nitrogens with zero attached hydrogens (tertiary/aromatic N) is 6. The standard InChI is InChI=1S/C7H7N9O/c8-2-1-3(9)15-7(11-2)4-5(10)16(17)14-12-6(4)13-15/h1H,9-10H2,(H2,8,11). The molecule has 0 fully saturated rings. The SMILES string of the molecule is Nc1cc(N)n2nc3nn[n+]([O-])c(N)c3c2n1. The van der Waals surface area contributed by atoms with Crippen LogP contribution in [0.25, 0.3) is 16.7 Å². The molecule has 0 atom stereocenters. The van der Waals surface area contributed by atoms with Crippen LogP contribution in [0.15, 0.2) is 6.07 Å². The molecule has 10 nitrogen and oxygen atoms in total. The van der Waals surface area contributed by atoms with Gasteiger partial charge in [0.15, 0.2) is 11.0 Å². The van der Waals surface area contributed by atoms with Crippen molar-refractivity contribution in [3.63, 3.8) is 0 Å². The molecule has 0 saturated heterocycles. The number of anilines is 3. The normalized spacial score (nSPS) is 11.3. The molecule has 0 bridgehead atoms. The Bertz CT molecular complexity index is 748. The average Bonchev–Trinajstić information content (AvgIpc) is 2.63. The molecule has 17 heavy (non-hydrogen) atoms. The summed E-state index contributed by atoms with van der Waals surface area (Å²) in [6.07, 6.45) is 0. The van der Waals surface area contributed by atoms with Crippen molar-refractivity contribution in [3.05, 3.63) is 11.3 Å². The third-order valence-corrected chi connectivity index (χ3v) is 2.30. The largest absolute Gasteiger partial charge is 0.722 e. The molecule has 0 aliphatic heterocycles. The highest BCUT2D eigenvalue weighted by Crippen LogP contribution is 2.22. The van der Waals surface area contributed by atoms with E-state index >= 15 is 0 Å². The molecule has 0 aliphatic carbocycles. The number of nitrogen functional groups attached to an aromatic ring is 3. The van der Waals surface area contributed by atoms with Gasteiger partial charge in [0.2, 0.25) is 0 Å². The second kappa shape index (κ2) is 2.81. The van der Waals surface area contributed by atoms with Gasteiger partial charge in [0.1, 0.15) is 11.6 Å². The van der Waals surface area contributed by atoms with E-state index in [0.717, 1.165) is 0 Å². The highest BCUT2D eigenvalue weighted by Gasteiger charge is 2.19. The summed E-state index contributed by atoms with van der Waals surface area (Å²) in [5, 5.41) is 22.4. The van der Waals surface area contributed by atoms with Crippen LogP contribution < -0.4 is 22.0 Å². The van der Waals surface area contributed by atoms with Crippen molar-refractivity contribution < 1.29 is 4.85 Å². The van der Waals surface area contributed by atoms with Crippen LogP contribution in [0, 0.1) is 5.21 Å². The first-order chi connectivity index (χ1) is 8.08. The van der Waals surface area contributed by atoms with E-state index in [-0.39, 0.29) is 39.0 Å². The van der Waals surface area contributed by atoms with Gasteiger partial charge >= 0.3 is 0 Å². The number of nitrogens with two attached hydrogens (primary N) is 3. The van der Waals surface area contributed by atoms with Gasteiger partial charge in [-0.2, -0.15) is 4.52 Å². The van der Waals surface area contributed by atoms with E-state index in [1.165, 1.54) is 10.6 Å². The van der Waals surface area contributed by atoms with Crippen LogP contribution in [0.4, 0.5) is 17.5 Å². The molecule has 86 valence electrons. The van der Waals surface area contributed by atoms with E-state index < -0.39 is 0 Å². The molecular weight excluding hydrogens is 226 g/mol. The minimum absolute atomic E-state index is 0.150. The van der Waals surface area contributed by atoms with Gasteiger partial charge in [-0.1, -0.05) is 0 Å². The van der Waals surface area contributed by atoms with Gasteiger partial charge in [-0.15, -0.1) is 9.94 Å². The van der Waals surface area contributed by atoms with Gasteiger partial charge in [0, 0.05) is 11.2 Å². The molecule has 3 rings (SSSR count). The maximum atomic E-state index is 11.2. The minimum Gasteiger partial charge on any atom is -0.722 e. The Kier molecular flexibility index (Phi) is 1.54. The summed E-state index contributed by atoms with van der Waals surface area (Å²) in [4.78, 5) is 4.21. The smallest absolute Gasteiger partial charge is 0.290 e. The van der Waals surface area contributed by atoms with E-state index in [4.69, 9.17) is 17.2 Å². The molecular formula is C7H7N9O. The van der Waals surface area contributed by atoms with Crippen LogP contribution in [0.2, 0.25) is 0 Å². The second-order valence-corrected chi connectivity index (χ2v) is 3.39. The van der Waals surface area contributed by atoms with Crippen molar-refractivity contribution in [2.45, 2.75) is 0 Å². The quantitative estimate of drug-likeness (QED) is 0.298. The van der Waals surface area contributed by atoms with Crippen LogP contribution >= 0.6 is 0 Å². The van der Waals surface area contributed by atoms with Crippen LogP contribution in [-0.4, -0.2) is 24.9 Å². The van der Waals surface area contributed by atoms with E-state index in [2.05, 4.69) is 20.4 Å². The van der Waals surface area contributed by atoms with E-state index in [0.29, 0.717) is 0 Å². The Hall–Kier alpha value is -2.91. The number of fused-ring (bicyclic) bond motifs is 3. The predicted molar refractivity (Wildman–Crippen MR) is 58.3 cm³/mol. The topological polar surface area (TPSA) is 161 Å². The summed E-state index contributed by atoms with van der Waals surface area (Å²) in [5.41, 5.74) is 17.3. The number of hydrogen-bond donors (Lipinski definition) is 3. The van der Waals surface area contributed by atoms with Crippen LogP contribution in [0.3, 0.4) is 0 Å². The fourth-order valence-corrected chi connectivity index (χ4v) is 1.57. The lowest BCUT2D eigenvalue weighted by molar-refractivity contribution is -0.659. The number of aromatic nitrogens is 6. The minimum atomic E-state index is -0.150. The van der Waals surface area contributed by atoms with Gasteiger partial charge in [-0.3, -0.25) is 0 Å². The maximum absolute atomic E-state index is 11.2. The highest BCUT2D eigenvalue weighted by molar-refractivity contribution is 5.97. The molecule has 0 spiro atoms. The molecule has 0 amide bonds. The molecule has 3 aromatic rings. The van der Waals surface area contributed by atoms with Gasteiger partial charge in [-0.25, -0.2) is 4.98 Å². The lowest BCUT2D eigenvalue weighted by Gasteiger charge is -2.01. The van der Waals surface area contributed by atoms with Gasteiger partial charge in [-0.05, 0) is 0 Å². The zero-order valence-electron chi connectivity index (χ0n) is 8.40. The van der Waals surface area contributed by atoms with Crippen molar-refractivity contribution >= 4 is 34.1 Å². The Balaban J connectivity index is 2.62. The fourth-order valence-electron chi connectivity index (χ4n) is 1.57. The molecule has 3 aromatic heterocycles. The van der Waals surface area contributed by atoms with Gasteiger partial charge in [0.05, 0.1) is 5.21 Å². The molecule has 6 N–H and O–H groups in total. The lowest BCUT2D eigenvalue weighted by atomic mass is 10.4. The van der Waals surface area contributed by atoms with Crippen LogP contribution in [0.1, 0.15) is 0 Å². The zero-order chi connectivity index (χ0) is 12.2. The summed E-state index contributed by atoms with van der Waals surface area (Å²) >= 11 is 0. The fraction of sp³-hybridized carbons (Fsp3) is 0. The first-order valence-electron chi connectivity index (χ1n) is 4.54. The van der Waals surface area contributed by atoms with Crippen molar-refractivity contribution in [1.82, 2.24) is 24.9 Å². The number of hydrogen-bond acceptors (Lipinski definition) is 8. The van der Waals surface area contributed by atoms with Crippen molar-refractivity contribution in [2.24, 2.45) is 0 Å². The first kappa shape index (κ1) is 9.33. The summed E-state index contributed by atoms with van der Waals surface area (Å²) < 4.78 is 1.30. The maximum Gasteiger partial charge on any atom is 0.290 e. The highest BCUT2D eigenvalue weighted by atomic mass is 16.5. The third-order valence-electron chi connectivity index (χ3n) is 2.30. The Labute approximate surface area is 93.2 Å². The molecule has 0 saturated carbocycles. The van der Waals surface area contributed by atoms with E-state index in [1.54, 1.807) is 0 Å². The Morgan fingerprint density at radius 1 is 1.29 bits per heavy atom. The van der Waals surface area contributed by atoms with Crippen LogP contribution in [0.5, 0.6) is 0 Å². The van der Waals surface area contributed by atoms with Crippen molar-refractivity contribution in [1.29, 1.82) is 0 Å². The molecule has 0 aliphatic rings. The summed E-state index contributed by atoms with van der Waals surface area (Å²) in [6, 6.07) is 1.44. The predicted octanol–water partition coefficient (Wildman–Crippen LogP) is -1.95. The molecule has 3 heterocycles. The number of rotatable bonds is 0. The zero-order valence-corrected chi connectivity index (χ0v) is 8.40. The third kappa shape index (κ3) is 1.11. The van der Waals surface area contributed by atoms with Crippen molar-refractivity contribution in [3.8, 4) is 0 Å². The van der Waals surface area contributed by atoms with Crippen molar-refractivity contribution in [2.75, 3.05) is 17.2 Å². The summed E-state index contributed by atoms with van der Waals surface area (Å²) in [7, 11) is 0. The average molecular weight is 233 g/mol. The van der Waals surface area contributed by atoms with E-state index in [9.17, 15) is 5.21 Å². The monoisotopic (exact) mass is 233 g/mol. The van der Waals surface area contributed by atoms with Gasteiger partial charge in [0.25, 0.3) is 11.5 Å². The molecule has 0 radical (unpaired) electrons. The van der Waals surface area contributed by atoms with Crippen LogP contribution in [-0.2, 0) is 0 Å². The Morgan fingerprint density at radius 3 is 2.82 bits per heavy atom. The first-order valence-corrected chi connectivity index (χ1v) is 4.54. The Morgan fingerprint density at radius 2 is 2.06 bits per heavy atom. The molecule has 10 heteroatoms. The second-order valence-electron chi connectivity index (χ2n) is 3.39. The lowest BCUT2D eigenvalue weighted by Crippen LogP contribution is -2.35. The molecule has 0 aromatic carbocycles. The summed E-state index contributed by atoms with van der Waals surface area (Å²) in [6.45, 7) is 0. The molecule has 0 unspecified atom stereocenters. The summed E-state index contributed by atoms with van der Waals surface area (Å²) in [5.74, 6) is 0.315. The van der Waals surface area contributed by atoms with E-state index in [1.807, 2.05) is 0 Å².